The Balaban J connectivity index is 1.76. The highest BCUT2D eigenvalue weighted by Crippen LogP contribution is 2.14. The zero-order chi connectivity index (χ0) is 15.4. The van der Waals surface area contributed by atoms with Crippen LogP contribution in [0.3, 0.4) is 0 Å². The Labute approximate surface area is 127 Å². The van der Waals surface area contributed by atoms with Crippen LogP contribution in [0.5, 0.6) is 0 Å². The molecule has 0 aromatic carbocycles. The molecule has 0 radical (unpaired) electrons. The van der Waals surface area contributed by atoms with Crippen molar-refractivity contribution < 1.29 is 9.59 Å². The van der Waals surface area contributed by atoms with Gasteiger partial charge in [0.2, 0.25) is 11.8 Å². The summed E-state index contributed by atoms with van der Waals surface area (Å²) in [4.78, 5) is 30.3. The highest BCUT2D eigenvalue weighted by Gasteiger charge is 2.32. The van der Waals surface area contributed by atoms with Crippen LogP contribution in [0.2, 0.25) is 0 Å². The van der Waals surface area contributed by atoms with E-state index in [4.69, 9.17) is 0 Å². The fourth-order valence-corrected chi connectivity index (χ4v) is 3.06. The van der Waals surface area contributed by atoms with E-state index in [1.807, 2.05) is 18.7 Å². The first-order valence-corrected chi connectivity index (χ1v) is 7.95. The third-order valence-corrected chi connectivity index (χ3v) is 4.33. The Hall–Kier alpha value is -1.14. The minimum atomic E-state index is -0.0259. The Morgan fingerprint density at radius 3 is 2.71 bits per heavy atom. The number of carbonyl (C=O) groups excluding carboxylic acids is 2. The maximum Gasteiger partial charge on any atom is 0.234 e. The summed E-state index contributed by atoms with van der Waals surface area (Å²) >= 11 is 0. The molecule has 1 N–H and O–H groups in total. The summed E-state index contributed by atoms with van der Waals surface area (Å²) in [5, 5.41) is 3.02. The van der Waals surface area contributed by atoms with Gasteiger partial charge in [-0.2, -0.15) is 0 Å². The van der Waals surface area contributed by atoms with E-state index in [-0.39, 0.29) is 23.9 Å². The zero-order valence-electron chi connectivity index (χ0n) is 13.5. The molecule has 0 aromatic rings. The minimum Gasteiger partial charge on any atom is -0.350 e. The van der Waals surface area contributed by atoms with Gasteiger partial charge in [0.15, 0.2) is 0 Å². The molecule has 0 bridgehead atoms. The van der Waals surface area contributed by atoms with Gasteiger partial charge in [0.05, 0.1) is 12.6 Å². The van der Waals surface area contributed by atoms with Crippen molar-refractivity contribution in [2.24, 2.45) is 0 Å². The second-order valence-electron chi connectivity index (χ2n) is 6.54. The first-order chi connectivity index (χ1) is 9.95. The smallest absolute Gasteiger partial charge is 0.234 e. The van der Waals surface area contributed by atoms with Crippen molar-refractivity contribution in [2.75, 3.05) is 46.3 Å². The summed E-state index contributed by atoms with van der Waals surface area (Å²) in [6, 6.07) is 0.183. The maximum atomic E-state index is 12.1. The van der Waals surface area contributed by atoms with Crippen LogP contribution in [0.1, 0.15) is 26.7 Å². The molecular weight excluding hydrogens is 268 g/mol. The molecule has 6 heteroatoms. The Morgan fingerprint density at radius 1 is 1.29 bits per heavy atom. The molecule has 2 saturated heterocycles. The van der Waals surface area contributed by atoms with E-state index in [2.05, 4.69) is 22.2 Å². The van der Waals surface area contributed by atoms with E-state index in [1.165, 1.54) is 0 Å². The first-order valence-electron chi connectivity index (χ1n) is 7.95. The minimum absolute atomic E-state index is 0.0259. The van der Waals surface area contributed by atoms with Gasteiger partial charge in [0.1, 0.15) is 0 Å². The molecule has 2 aliphatic heterocycles. The fourth-order valence-electron chi connectivity index (χ4n) is 3.06. The summed E-state index contributed by atoms with van der Waals surface area (Å²) in [6.45, 7) is 9.12. The molecule has 0 aliphatic carbocycles. The van der Waals surface area contributed by atoms with E-state index in [9.17, 15) is 9.59 Å². The van der Waals surface area contributed by atoms with Gasteiger partial charge in [-0.05, 0) is 40.4 Å². The van der Waals surface area contributed by atoms with Crippen molar-refractivity contribution in [1.82, 2.24) is 20.0 Å². The van der Waals surface area contributed by atoms with E-state index < -0.39 is 0 Å². The predicted octanol–water partition coefficient (Wildman–Crippen LogP) is -0.251. The largest absolute Gasteiger partial charge is 0.350 e. The van der Waals surface area contributed by atoms with Crippen molar-refractivity contribution in [3.05, 3.63) is 0 Å². The molecule has 2 heterocycles. The molecule has 0 saturated carbocycles. The van der Waals surface area contributed by atoms with Crippen LogP contribution >= 0.6 is 0 Å². The average molecular weight is 296 g/mol. The summed E-state index contributed by atoms with van der Waals surface area (Å²) in [7, 11) is 2.12. The molecule has 0 spiro atoms. The van der Waals surface area contributed by atoms with Gasteiger partial charge >= 0.3 is 0 Å². The van der Waals surface area contributed by atoms with Crippen molar-refractivity contribution >= 4 is 11.8 Å². The molecule has 2 rings (SSSR count). The normalized spacial score (nSPS) is 25.4. The van der Waals surface area contributed by atoms with Gasteiger partial charge in [-0.25, -0.2) is 0 Å². The fraction of sp³-hybridized carbons (Fsp3) is 0.867. The Kier molecular flexibility index (Phi) is 5.58. The molecule has 6 nitrogen and oxygen atoms in total. The van der Waals surface area contributed by atoms with E-state index in [0.717, 1.165) is 32.6 Å². The van der Waals surface area contributed by atoms with Crippen molar-refractivity contribution in [1.29, 1.82) is 0 Å². The maximum absolute atomic E-state index is 12.1. The third-order valence-electron chi connectivity index (χ3n) is 4.33. The lowest BCUT2D eigenvalue weighted by molar-refractivity contribution is -0.129. The van der Waals surface area contributed by atoms with Crippen LogP contribution in [0, 0.1) is 0 Å². The number of rotatable bonds is 4. The van der Waals surface area contributed by atoms with E-state index in [0.29, 0.717) is 19.5 Å². The summed E-state index contributed by atoms with van der Waals surface area (Å²) < 4.78 is 0. The van der Waals surface area contributed by atoms with Crippen molar-refractivity contribution in [3.63, 3.8) is 0 Å². The molecule has 1 unspecified atom stereocenters. The topological polar surface area (TPSA) is 55.9 Å². The number of nitrogens with one attached hydrogen (secondary N) is 1. The molecule has 2 fully saturated rings. The summed E-state index contributed by atoms with van der Waals surface area (Å²) in [6.07, 6.45) is 1.54. The Morgan fingerprint density at radius 2 is 2.05 bits per heavy atom. The molecule has 120 valence electrons. The summed E-state index contributed by atoms with van der Waals surface area (Å²) in [5.74, 6) is 0.189. The molecule has 21 heavy (non-hydrogen) atoms. The lowest BCUT2D eigenvalue weighted by Crippen LogP contribution is -2.44. The lowest BCUT2D eigenvalue weighted by atomic mass is 10.2. The first kappa shape index (κ1) is 16.2. The van der Waals surface area contributed by atoms with Crippen LogP contribution in [0.15, 0.2) is 0 Å². The molecule has 2 amide bonds. The zero-order valence-corrected chi connectivity index (χ0v) is 13.5. The van der Waals surface area contributed by atoms with Crippen molar-refractivity contribution in [3.8, 4) is 0 Å². The number of hydrogen-bond donors (Lipinski definition) is 1. The van der Waals surface area contributed by atoms with Crippen LogP contribution in [-0.2, 0) is 9.59 Å². The number of carbonyl (C=O) groups is 2. The van der Waals surface area contributed by atoms with Gasteiger partial charge in [0, 0.05) is 32.1 Å². The number of likely N-dealkylation sites (N-methyl/N-ethyl adjacent to an activating group) is 1. The molecule has 1 atom stereocenters. The van der Waals surface area contributed by atoms with E-state index in [1.54, 1.807) is 0 Å². The van der Waals surface area contributed by atoms with Crippen LogP contribution in [0.25, 0.3) is 0 Å². The third kappa shape index (κ3) is 4.68. The molecule has 2 aliphatic rings. The monoisotopic (exact) mass is 296 g/mol. The van der Waals surface area contributed by atoms with Gasteiger partial charge < -0.3 is 15.1 Å². The van der Waals surface area contributed by atoms with Gasteiger partial charge in [-0.3, -0.25) is 14.5 Å². The number of hydrogen-bond acceptors (Lipinski definition) is 4. The van der Waals surface area contributed by atoms with Crippen molar-refractivity contribution in [2.45, 2.75) is 38.8 Å². The SMILES string of the molecule is CC(C)N1CC(NC(=O)CN2CCCN(C)CC2)CC1=O. The molecule has 0 aromatic heterocycles. The highest BCUT2D eigenvalue weighted by molar-refractivity contribution is 5.83. The predicted molar refractivity (Wildman–Crippen MR) is 82.0 cm³/mol. The van der Waals surface area contributed by atoms with Gasteiger partial charge in [-0.15, -0.1) is 0 Å². The average Bonchev–Trinajstić information content (AvgIpc) is 2.63. The van der Waals surface area contributed by atoms with Gasteiger partial charge in [-0.1, -0.05) is 0 Å². The second-order valence-corrected chi connectivity index (χ2v) is 6.54. The van der Waals surface area contributed by atoms with Crippen LogP contribution in [0.4, 0.5) is 0 Å². The number of amides is 2. The number of nitrogens with zero attached hydrogens (tertiary/aromatic N) is 3. The Bertz CT molecular complexity index is 386. The van der Waals surface area contributed by atoms with Crippen LogP contribution < -0.4 is 5.32 Å². The highest BCUT2D eigenvalue weighted by atomic mass is 16.2. The van der Waals surface area contributed by atoms with Crippen LogP contribution in [-0.4, -0.2) is 84.9 Å². The standard InChI is InChI=1S/C15H28N4O2/c1-12(2)19-10-13(9-15(19)21)16-14(20)11-18-6-4-5-17(3)7-8-18/h12-13H,4-11H2,1-3H3,(H,16,20). The molecular formula is C15H28N4O2. The van der Waals surface area contributed by atoms with E-state index >= 15 is 0 Å². The lowest BCUT2D eigenvalue weighted by Gasteiger charge is -2.22. The summed E-state index contributed by atoms with van der Waals surface area (Å²) in [5.41, 5.74) is 0. The quantitative estimate of drug-likeness (QED) is 0.777. The second kappa shape index (κ2) is 7.22. The van der Waals surface area contributed by atoms with Gasteiger partial charge in [0.25, 0.3) is 0 Å². The number of likely N-dealkylation sites (tertiary alicyclic amines) is 1.